The number of carboxylic acids is 1. The number of nitrogens with one attached hydrogen (secondary N) is 3. The summed E-state index contributed by atoms with van der Waals surface area (Å²) < 4.78 is 0. The van der Waals surface area contributed by atoms with Gasteiger partial charge in [-0.25, -0.2) is 4.79 Å². The van der Waals surface area contributed by atoms with Crippen LogP contribution in [0.15, 0.2) is 30.3 Å². The lowest BCUT2D eigenvalue weighted by Gasteiger charge is -2.23. The average Bonchev–Trinajstić information content (AvgIpc) is 2.72. The number of carboxylic acid groups (broad SMARTS) is 1. The summed E-state index contributed by atoms with van der Waals surface area (Å²) in [6, 6.07) is 3.87. The first-order valence-electron chi connectivity index (χ1n) is 9.37. The summed E-state index contributed by atoms with van der Waals surface area (Å²) in [5.41, 5.74) is 11.3. The largest absolute Gasteiger partial charge is 0.480 e. The zero-order chi connectivity index (χ0) is 23.6. The van der Waals surface area contributed by atoms with Gasteiger partial charge >= 0.3 is 5.97 Å². The van der Waals surface area contributed by atoms with Crippen molar-refractivity contribution in [3.8, 4) is 0 Å². The summed E-state index contributed by atoms with van der Waals surface area (Å²) in [6.07, 6.45) is -0.570. The van der Waals surface area contributed by atoms with Crippen LogP contribution in [0.25, 0.3) is 0 Å². The number of aliphatic carboxylic acids is 1. The highest BCUT2D eigenvalue weighted by atomic mass is 32.1. The van der Waals surface area contributed by atoms with Crippen LogP contribution in [0.1, 0.15) is 18.9 Å². The Hall–Kier alpha value is -3.12. The van der Waals surface area contributed by atoms with Crippen LogP contribution in [0, 0.1) is 0 Å². The summed E-state index contributed by atoms with van der Waals surface area (Å²) >= 11 is 3.89. The predicted octanol–water partition coefficient (Wildman–Crippen LogP) is -2.08. The number of nitrogens with two attached hydrogens (primary N) is 2. The number of carbonyl (C=O) groups excluding carboxylic acids is 4. The van der Waals surface area contributed by atoms with Gasteiger partial charge in [0, 0.05) is 12.2 Å². The third kappa shape index (κ3) is 9.05. The molecule has 1 aromatic carbocycles. The second-order valence-corrected chi connectivity index (χ2v) is 7.21. The SMILES string of the molecule is CC(NC(=O)C(N)CS)C(=O)NC(CC(N)=O)C(=O)NC(Cc1ccccc1)C(=O)O. The van der Waals surface area contributed by atoms with Crippen molar-refractivity contribution in [3.63, 3.8) is 0 Å². The van der Waals surface area contributed by atoms with E-state index in [1.54, 1.807) is 30.3 Å². The standard InChI is InChI=1S/C19H27N5O6S/c1-10(22-17(27)12(20)9-31)16(26)23-13(8-15(21)25)18(28)24-14(19(29)30)7-11-5-3-2-4-6-11/h2-6,10,12-14,31H,7-9,20H2,1H3,(H2,21,25)(H,22,27)(H,23,26)(H,24,28)(H,29,30). The number of thiol groups is 1. The van der Waals surface area contributed by atoms with Crippen LogP contribution in [-0.4, -0.2) is 64.6 Å². The molecule has 0 fully saturated rings. The van der Waals surface area contributed by atoms with Crippen molar-refractivity contribution in [2.24, 2.45) is 11.5 Å². The maximum atomic E-state index is 12.6. The van der Waals surface area contributed by atoms with Crippen molar-refractivity contribution >= 4 is 42.2 Å². The highest BCUT2D eigenvalue weighted by Crippen LogP contribution is 2.05. The van der Waals surface area contributed by atoms with Crippen LogP contribution < -0.4 is 27.4 Å². The second-order valence-electron chi connectivity index (χ2n) is 6.84. The van der Waals surface area contributed by atoms with E-state index in [1.807, 2.05) is 0 Å². The van der Waals surface area contributed by atoms with Gasteiger partial charge in [0.25, 0.3) is 0 Å². The molecule has 4 amide bonds. The molecule has 1 aromatic rings. The Morgan fingerprint density at radius 3 is 2.06 bits per heavy atom. The minimum Gasteiger partial charge on any atom is -0.480 e. The molecule has 0 bridgehead atoms. The van der Waals surface area contributed by atoms with Gasteiger partial charge in [-0.15, -0.1) is 0 Å². The lowest BCUT2D eigenvalue weighted by atomic mass is 10.0. The van der Waals surface area contributed by atoms with E-state index in [0.29, 0.717) is 5.56 Å². The maximum absolute atomic E-state index is 12.6. The Morgan fingerprint density at radius 2 is 1.55 bits per heavy atom. The van der Waals surface area contributed by atoms with E-state index in [-0.39, 0.29) is 12.2 Å². The maximum Gasteiger partial charge on any atom is 0.326 e. The van der Waals surface area contributed by atoms with Crippen LogP contribution in [0.3, 0.4) is 0 Å². The molecule has 31 heavy (non-hydrogen) atoms. The first-order chi connectivity index (χ1) is 14.5. The van der Waals surface area contributed by atoms with Gasteiger partial charge in [0.05, 0.1) is 12.5 Å². The molecule has 11 nitrogen and oxygen atoms in total. The van der Waals surface area contributed by atoms with Gasteiger partial charge in [-0.1, -0.05) is 30.3 Å². The highest BCUT2D eigenvalue weighted by molar-refractivity contribution is 7.80. The number of amides is 4. The third-order valence-corrected chi connectivity index (χ3v) is 4.61. The number of hydrogen-bond donors (Lipinski definition) is 7. The first-order valence-corrected chi connectivity index (χ1v) is 10.0. The first kappa shape index (κ1) is 25.9. The van der Waals surface area contributed by atoms with Crippen LogP contribution in [0.4, 0.5) is 0 Å². The molecular weight excluding hydrogens is 426 g/mol. The lowest BCUT2D eigenvalue weighted by Crippen LogP contribution is -2.57. The van der Waals surface area contributed by atoms with Gasteiger partial charge in [-0.05, 0) is 12.5 Å². The fraction of sp³-hybridized carbons (Fsp3) is 0.421. The Kier molecular flexibility index (Phi) is 10.5. The number of rotatable bonds is 12. The van der Waals surface area contributed by atoms with E-state index in [2.05, 4.69) is 28.6 Å². The van der Waals surface area contributed by atoms with Crippen LogP contribution in [-0.2, 0) is 30.4 Å². The molecule has 8 N–H and O–H groups in total. The molecule has 12 heteroatoms. The van der Waals surface area contributed by atoms with Gasteiger partial charge < -0.3 is 32.5 Å². The zero-order valence-electron chi connectivity index (χ0n) is 16.9. The topological polar surface area (TPSA) is 194 Å². The van der Waals surface area contributed by atoms with Crippen LogP contribution in [0.5, 0.6) is 0 Å². The summed E-state index contributed by atoms with van der Waals surface area (Å²) in [6.45, 7) is 1.35. The smallest absolute Gasteiger partial charge is 0.326 e. The predicted molar refractivity (Wildman–Crippen MR) is 115 cm³/mol. The van der Waals surface area contributed by atoms with Crippen molar-refractivity contribution < 1.29 is 29.1 Å². The highest BCUT2D eigenvalue weighted by Gasteiger charge is 2.29. The molecule has 0 saturated heterocycles. The van der Waals surface area contributed by atoms with Gasteiger partial charge in [0.1, 0.15) is 18.1 Å². The molecule has 0 aliphatic carbocycles. The summed E-state index contributed by atoms with van der Waals surface area (Å²) in [7, 11) is 0. The number of primary amides is 1. The molecule has 0 heterocycles. The molecule has 4 atom stereocenters. The Balaban J connectivity index is 2.85. The Labute approximate surface area is 184 Å². The number of benzene rings is 1. The Bertz CT molecular complexity index is 806. The van der Waals surface area contributed by atoms with Gasteiger partial charge in [-0.3, -0.25) is 19.2 Å². The van der Waals surface area contributed by atoms with E-state index in [4.69, 9.17) is 11.5 Å². The third-order valence-electron chi connectivity index (χ3n) is 4.22. The fourth-order valence-corrected chi connectivity index (χ4v) is 2.66. The fourth-order valence-electron chi connectivity index (χ4n) is 2.50. The van der Waals surface area contributed by atoms with Gasteiger partial charge in [0.2, 0.25) is 23.6 Å². The molecule has 170 valence electrons. The van der Waals surface area contributed by atoms with Crippen molar-refractivity contribution in [1.29, 1.82) is 0 Å². The van der Waals surface area contributed by atoms with Crippen molar-refractivity contribution in [2.75, 3.05) is 5.75 Å². The lowest BCUT2D eigenvalue weighted by molar-refractivity contribution is -0.142. The average molecular weight is 454 g/mol. The molecule has 0 radical (unpaired) electrons. The van der Waals surface area contributed by atoms with Gasteiger partial charge in [0.15, 0.2) is 0 Å². The van der Waals surface area contributed by atoms with E-state index in [1.165, 1.54) is 6.92 Å². The molecule has 0 spiro atoms. The second kappa shape index (κ2) is 12.5. The molecular formula is C19H27N5O6S. The minimum absolute atomic E-state index is 0.00672. The molecule has 0 aliphatic heterocycles. The zero-order valence-corrected chi connectivity index (χ0v) is 17.8. The molecule has 0 saturated carbocycles. The van der Waals surface area contributed by atoms with E-state index in [9.17, 15) is 29.1 Å². The summed E-state index contributed by atoms with van der Waals surface area (Å²) in [5, 5.41) is 16.4. The molecule has 0 aliphatic rings. The molecule has 1 rings (SSSR count). The number of carbonyl (C=O) groups is 5. The number of hydrogen-bond acceptors (Lipinski definition) is 7. The summed E-state index contributed by atoms with van der Waals surface area (Å²) in [4.78, 5) is 59.7. The van der Waals surface area contributed by atoms with E-state index in [0.717, 1.165) is 0 Å². The van der Waals surface area contributed by atoms with E-state index >= 15 is 0 Å². The van der Waals surface area contributed by atoms with Gasteiger partial charge in [-0.2, -0.15) is 12.6 Å². The van der Waals surface area contributed by atoms with Crippen molar-refractivity contribution in [3.05, 3.63) is 35.9 Å². The summed E-state index contributed by atoms with van der Waals surface area (Å²) in [5.74, 6) is -4.42. The monoisotopic (exact) mass is 453 g/mol. The molecule has 0 aromatic heterocycles. The minimum atomic E-state index is -1.43. The van der Waals surface area contributed by atoms with Crippen molar-refractivity contribution in [2.45, 2.75) is 43.9 Å². The molecule has 4 unspecified atom stereocenters. The quantitative estimate of drug-likeness (QED) is 0.176. The normalized spacial score (nSPS) is 14.4. The van der Waals surface area contributed by atoms with E-state index < -0.39 is 60.2 Å². The van der Waals surface area contributed by atoms with Crippen LogP contribution in [0.2, 0.25) is 0 Å². The Morgan fingerprint density at radius 1 is 0.968 bits per heavy atom. The van der Waals surface area contributed by atoms with Crippen LogP contribution >= 0.6 is 12.6 Å². The van der Waals surface area contributed by atoms with Crippen molar-refractivity contribution in [1.82, 2.24) is 16.0 Å².